The molecule has 23 heavy (non-hydrogen) atoms. The van der Waals surface area contributed by atoms with Gasteiger partial charge in [-0.2, -0.15) is 0 Å². The summed E-state index contributed by atoms with van der Waals surface area (Å²) in [7, 11) is 1.34. The molecule has 0 aliphatic carbocycles. The highest BCUT2D eigenvalue weighted by molar-refractivity contribution is 6.09. The molecular weight excluding hydrogens is 299 g/mol. The van der Waals surface area contributed by atoms with E-state index in [-0.39, 0.29) is 22.4 Å². The molecule has 6 heteroatoms. The van der Waals surface area contributed by atoms with Gasteiger partial charge in [0, 0.05) is 17.5 Å². The molecule has 0 saturated carbocycles. The average Bonchev–Trinajstić information content (AvgIpc) is 2.55. The highest BCUT2D eigenvalue weighted by Gasteiger charge is 2.17. The third-order valence-corrected chi connectivity index (χ3v) is 3.52. The second kappa shape index (κ2) is 5.64. The minimum Gasteiger partial charge on any atom is -0.494 e. The molecule has 0 unspecified atom stereocenters. The van der Waals surface area contributed by atoms with E-state index in [1.54, 1.807) is 19.1 Å². The number of carbonyl (C=O) groups excluding carboxylic acids is 1. The van der Waals surface area contributed by atoms with Crippen molar-refractivity contribution in [2.75, 3.05) is 7.11 Å². The summed E-state index contributed by atoms with van der Waals surface area (Å²) in [6, 6.07) is 7.30. The van der Waals surface area contributed by atoms with Crippen LogP contribution >= 0.6 is 0 Å². The second-order valence-corrected chi connectivity index (χ2v) is 5.06. The van der Waals surface area contributed by atoms with Crippen LogP contribution in [-0.2, 0) is 0 Å². The number of aromatic nitrogens is 2. The lowest BCUT2D eigenvalue weighted by atomic mass is 10.0. The molecule has 2 aromatic heterocycles. The van der Waals surface area contributed by atoms with Crippen LogP contribution in [0.4, 0.5) is 4.39 Å². The normalized spacial score (nSPS) is 10.7. The SMILES string of the molecule is COc1ccc(C(=O)c2c[nH]c3ccc(C)nc3c2=O)cc1F. The van der Waals surface area contributed by atoms with Crippen LogP contribution in [0.1, 0.15) is 21.6 Å². The molecule has 0 spiro atoms. The summed E-state index contributed by atoms with van der Waals surface area (Å²) in [4.78, 5) is 32.0. The van der Waals surface area contributed by atoms with Gasteiger partial charge in [0.1, 0.15) is 5.52 Å². The number of carbonyl (C=O) groups is 1. The van der Waals surface area contributed by atoms with Gasteiger partial charge in [-0.05, 0) is 37.3 Å². The molecule has 3 aromatic rings. The van der Waals surface area contributed by atoms with E-state index >= 15 is 0 Å². The van der Waals surface area contributed by atoms with Crippen molar-refractivity contribution < 1.29 is 13.9 Å². The number of nitrogens with zero attached hydrogens (tertiary/aromatic N) is 1. The summed E-state index contributed by atoms with van der Waals surface area (Å²) in [6.45, 7) is 1.76. The summed E-state index contributed by atoms with van der Waals surface area (Å²) in [6.07, 6.45) is 1.33. The molecule has 2 heterocycles. The zero-order valence-corrected chi connectivity index (χ0v) is 12.5. The molecule has 0 radical (unpaired) electrons. The number of aromatic amines is 1. The van der Waals surface area contributed by atoms with E-state index < -0.39 is 17.0 Å². The van der Waals surface area contributed by atoms with Gasteiger partial charge in [-0.15, -0.1) is 0 Å². The zero-order valence-electron chi connectivity index (χ0n) is 12.5. The number of nitrogens with one attached hydrogen (secondary N) is 1. The zero-order chi connectivity index (χ0) is 16.6. The molecule has 116 valence electrons. The van der Waals surface area contributed by atoms with Crippen LogP contribution in [-0.4, -0.2) is 22.9 Å². The predicted octanol–water partition coefficient (Wildman–Crippen LogP) is 2.61. The maximum absolute atomic E-state index is 13.8. The third kappa shape index (κ3) is 2.59. The first-order valence-electron chi connectivity index (χ1n) is 6.88. The lowest BCUT2D eigenvalue weighted by Crippen LogP contribution is -2.18. The van der Waals surface area contributed by atoms with Gasteiger partial charge < -0.3 is 9.72 Å². The standard InChI is InChI=1S/C17H13FN2O3/c1-9-3-5-13-15(20-9)17(22)11(8-19-13)16(21)10-4-6-14(23-2)12(18)7-10/h3-8H,1-2H3,(H,19,22). The van der Waals surface area contributed by atoms with Gasteiger partial charge in [0.15, 0.2) is 17.3 Å². The number of methoxy groups -OCH3 is 1. The van der Waals surface area contributed by atoms with Crippen molar-refractivity contribution >= 4 is 16.8 Å². The molecule has 0 aliphatic heterocycles. The number of benzene rings is 1. The first kappa shape index (κ1) is 14.9. The van der Waals surface area contributed by atoms with Crippen molar-refractivity contribution in [2.45, 2.75) is 6.92 Å². The van der Waals surface area contributed by atoms with Crippen LogP contribution < -0.4 is 10.2 Å². The lowest BCUT2D eigenvalue weighted by molar-refractivity contribution is 0.103. The molecule has 0 aliphatic rings. The molecule has 0 fully saturated rings. The Morgan fingerprint density at radius 2 is 2.04 bits per heavy atom. The smallest absolute Gasteiger partial charge is 0.218 e. The van der Waals surface area contributed by atoms with Gasteiger partial charge in [-0.25, -0.2) is 9.37 Å². The van der Waals surface area contributed by atoms with E-state index in [9.17, 15) is 14.0 Å². The summed E-state index contributed by atoms with van der Waals surface area (Å²) >= 11 is 0. The maximum atomic E-state index is 13.8. The van der Waals surface area contributed by atoms with E-state index in [0.717, 1.165) is 6.07 Å². The first-order chi connectivity index (χ1) is 11.0. The number of pyridine rings is 2. The van der Waals surface area contributed by atoms with Gasteiger partial charge in [0.05, 0.1) is 18.2 Å². The van der Waals surface area contributed by atoms with Gasteiger partial charge >= 0.3 is 0 Å². The van der Waals surface area contributed by atoms with E-state index in [0.29, 0.717) is 11.2 Å². The quantitative estimate of drug-likeness (QED) is 0.755. The third-order valence-electron chi connectivity index (χ3n) is 3.52. The maximum Gasteiger partial charge on any atom is 0.218 e. The minimum atomic E-state index is -0.662. The number of ether oxygens (including phenoxy) is 1. The number of ketones is 1. The predicted molar refractivity (Wildman–Crippen MR) is 83.5 cm³/mol. The Hall–Kier alpha value is -3.02. The summed E-state index contributed by atoms with van der Waals surface area (Å²) in [5.41, 5.74) is 0.899. The van der Waals surface area contributed by atoms with Gasteiger partial charge in [0.25, 0.3) is 0 Å². The average molecular weight is 312 g/mol. The van der Waals surface area contributed by atoms with Crippen molar-refractivity contribution in [1.29, 1.82) is 0 Å². The van der Waals surface area contributed by atoms with Crippen molar-refractivity contribution in [3.05, 3.63) is 69.4 Å². The minimum absolute atomic E-state index is 0.0336. The van der Waals surface area contributed by atoms with Gasteiger partial charge in [-0.1, -0.05) is 0 Å². The molecule has 0 bridgehead atoms. The molecule has 0 saturated heterocycles. The molecular formula is C17H13FN2O3. The highest BCUT2D eigenvalue weighted by Crippen LogP contribution is 2.19. The van der Waals surface area contributed by atoms with Crippen LogP contribution in [0.2, 0.25) is 0 Å². The fourth-order valence-electron chi connectivity index (χ4n) is 2.32. The Labute approximate surface area is 130 Å². The number of hydrogen-bond donors (Lipinski definition) is 1. The van der Waals surface area contributed by atoms with Crippen LogP contribution in [0.25, 0.3) is 11.0 Å². The Morgan fingerprint density at radius 1 is 1.26 bits per heavy atom. The first-order valence-corrected chi connectivity index (χ1v) is 6.88. The molecule has 0 atom stereocenters. The van der Waals surface area contributed by atoms with Crippen LogP contribution in [0, 0.1) is 12.7 Å². The van der Waals surface area contributed by atoms with Gasteiger partial charge in [0.2, 0.25) is 5.43 Å². The summed E-state index contributed by atoms with van der Waals surface area (Å²) < 4.78 is 18.6. The highest BCUT2D eigenvalue weighted by atomic mass is 19.1. The monoisotopic (exact) mass is 312 g/mol. The van der Waals surface area contributed by atoms with E-state index in [1.807, 2.05) is 0 Å². The Balaban J connectivity index is 2.13. The van der Waals surface area contributed by atoms with Crippen LogP contribution in [0.15, 0.2) is 41.3 Å². The van der Waals surface area contributed by atoms with Crippen LogP contribution in [0.5, 0.6) is 5.75 Å². The van der Waals surface area contributed by atoms with Crippen molar-refractivity contribution in [3.63, 3.8) is 0 Å². The van der Waals surface area contributed by atoms with E-state index in [1.165, 1.54) is 25.4 Å². The number of aryl methyl sites for hydroxylation is 1. The fraction of sp³-hybridized carbons (Fsp3) is 0.118. The fourth-order valence-corrected chi connectivity index (χ4v) is 2.32. The lowest BCUT2D eigenvalue weighted by Gasteiger charge is -2.06. The van der Waals surface area contributed by atoms with E-state index in [4.69, 9.17) is 4.74 Å². The molecule has 3 rings (SSSR count). The van der Waals surface area contributed by atoms with Crippen molar-refractivity contribution in [3.8, 4) is 5.75 Å². The number of hydrogen-bond acceptors (Lipinski definition) is 4. The van der Waals surface area contributed by atoms with Gasteiger partial charge in [-0.3, -0.25) is 9.59 Å². The number of rotatable bonds is 3. The number of halogens is 1. The molecule has 5 nitrogen and oxygen atoms in total. The molecule has 1 aromatic carbocycles. The topological polar surface area (TPSA) is 72.1 Å². The Kier molecular flexibility index (Phi) is 3.65. The number of fused-ring (bicyclic) bond motifs is 1. The summed E-state index contributed by atoms with van der Waals surface area (Å²) in [5, 5.41) is 0. The molecule has 0 amide bonds. The Morgan fingerprint density at radius 3 is 2.74 bits per heavy atom. The number of H-pyrrole nitrogens is 1. The largest absolute Gasteiger partial charge is 0.494 e. The molecule has 1 N–H and O–H groups in total. The second-order valence-electron chi connectivity index (χ2n) is 5.06. The van der Waals surface area contributed by atoms with Crippen molar-refractivity contribution in [2.24, 2.45) is 0 Å². The Bertz CT molecular complexity index is 979. The summed E-state index contributed by atoms with van der Waals surface area (Å²) in [5.74, 6) is -1.20. The van der Waals surface area contributed by atoms with Crippen LogP contribution in [0.3, 0.4) is 0 Å². The van der Waals surface area contributed by atoms with E-state index in [2.05, 4.69) is 9.97 Å². The van der Waals surface area contributed by atoms with Crippen molar-refractivity contribution in [1.82, 2.24) is 9.97 Å².